The molecule has 2 aromatic rings. The van der Waals surface area contributed by atoms with Crippen molar-refractivity contribution in [3.63, 3.8) is 0 Å². The van der Waals surface area contributed by atoms with Gasteiger partial charge in [-0.1, -0.05) is 16.4 Å². The maximum Gasteiger partial charge on any atom is 1.00 e. The molecule has 1 aromatic heterocycles. The Morgan fingerprint density at radius 3 is 2.32 bits per heavy atom. The van der Waals surface area contributed by atoms with Gasteiger partial charge in [-0.3, -0.25) is 9.12 Å². The predicted octanol–water partition coefficient (Wildman–Crippen LogP) is -3.99. The van der Waals surface area contributed by atoms with Crippen molar-refractivity contribution in [3.8, 4) is 5.69 Å². The third kappa shape index (κ3) is 7.69. The predicted molar refractivity (Wildman–Crippen MR) is 68.4 cm³/mol. The first-order valence-corrected chi connectivity index (χ1v) is 8.21. The van der Waals surface area contributed by atoms with Crippen molar-refractivity contribution in [1.82, 2.24) is 20.2 Å². The van der Waals surface area contributed by atoms with Gasteiger partial charge in [-0.15, -0.1) is 0 Å². The second kappa shape index (κ2) is 8.40. The van der Waals surface area contributed by atoms with E-state index in [1.807, 2.05) is 0 Å². The molecule has 0 fully saturated rings. The number of aromatic nitrogens is 4. The Morgan fingerprint density at radius 2 is 1.91 bits per heavy atom. The van der Waals surface area contributed by atoms with E-state index in [4.69, 9.17) is 36.0 Å². The third-order valence-corrected chi connectivity index (χ3v) is 2.96. The summed E-state index contributed by atoms with van der Waals surface area (Å²) in [5, 5.41) is 9.48. The van der Waals surface area contributed by atoms with Gasteiger partial charge in [0.25, 0.3) is 17.9 Å². The topological polar surface area (TPSA) is 181 Å². The van der Waals surface area contributed by atoms with E-state index in [1.54, 1.807) is 6.07 Å². The van der Waals surface area contributed by atoms with E-state index >= 15 is 0 Å². The average Bonchev–Trinajstić information content (AvgIpc) is 2.72. The van der Waals surface area contributed by atoms with E-state index in [1.165, 1.54) is 22.9 Å². The Morgan fingerprint density at radius 1 is 1.36 bits per heavy atom. The van der Waals surface area contributed by atoms with Gasteiger partial charge in [0.15, 0.2) is 0 Å². The van der Waals surface area contributed by atoms with Gasteiger partial charge >= 0.3 is 29.6 Å². The second-order valence-corrected chi connectivity index (χ2v) is 6.15. The standard InChI is InChI=1S/C7H6N4O3S2.Na.H3O4P/c12-16(13,14)6-3-1-2-5(4-6)11-7(15)8-9-10-11;;1-5(2,3)4/h1-4H,(H,8,10,15)(H,12,13,14);;(H3,1,2,3,4)/q;+1;/p-1. The van der Waals surface area contributed by atoms with E-state index in [9.17, 15) is 8.42 Å². The first kappa shape index (κ1) is 21.5. The number of nitrogens with zero attached hydrogens (tertiary/aromatic N) is 3. The summed E-state index contributed by atoms with van der Waals surface area (Å²) in [6, 6.07) is 5.60. The Balaban J connectivity index is 0.000000644. The van der Waals surface area contributed by atoms with Crippen LogP contribution in [0.1, 0.15) is 0 Å². The van der Waals surface area contributed by atoms with E-state index in [2.05, 4.69) is 15.5 Å². The van der Waals surface area contributed by atoms with Crippen molar-refractivity contribution in [2.75, 3.05) is 0 Å². The molecule has 0 spiro atoms. The molecule has 0 aliphatic rings. The fourth-order valence-corrected chi connectivity index (χ4v) is 1.86. The molecule has 0 saturated carbocycles. The average molecular weight is 378 g/mol. The molecule has 0 saturated heterocycles. The minimum absolute atomic E-state index is 0. The van der Waals surface area contributed by atoms with Crippen molar-refractivity contribution >= 4 is 30.2 Å². The Labute approximate surface area is 151 Å². The SMILES string of the molecule is O=P([O-])(O)O.O=S(=O)(O)c1cccc(-n2[nH]nnc2=S)c1.[Na+]. The van der Waals surface area contributed by atoms with E-state index in [0.29, 0.717) is 5.69 Å². The smallest absolute Gasteiger partial charge is 0.756 e. The fourth-order valence-electron chi connectivity index (χ4n) is 1.15. The van der Waals surface area contributed by atoms with Crippen LogP contribution in [0.2, 0.25) is 0 Å². The molecule has 11 nitrogen and oxygen atoms in total. The summed E-state index contributed by atoms with van der Waals surface area (Å²) >= 11 is 4.85. The van der Waals surface area contributed by atoms with Crippen LogP contribution < -0.4 is 34.5 Å². The number of phosphoric acid groups is 1. The van der Waals surface area contributed by atoms with E-state index < -0.39 is 17.9 Å². The largest absolute Gasteiger partial charge is 1.00 e. The quantitative estimate of drug-likeness (QED) is 0.174. The van der Waals surface area contributed by atoms with Crippen LogP contribution in [0.5, 0.6) is 0 Å². The fraction of sp³-hybridized carbons (Fsp3) is 0. The maximum atomic E-state index is 10.9. The molecule has 1 aromatic carbocycles. The molecular weight excluding hydrogens is 370 g/mol. The Bertz CT molecular complexity index is 821. The van der Waals surface area contributed by atoms with Gasteiger partial charge in [-0.25, -0.2) is 4.68 Å². The Hall–Kier alpha value is -0.470. The monoisotopic (exact) mass is 378 g/mol. The number of nitrogens with one attached hydrogen (secondary N) is 1. The molecular formula is C7H8N4NaO7PS2. The molecule has 4 N–H and O–H groups in total. The minimum Gasteiger partial charge on any atom is -0.756 e. The third-order valence-electron chi connectivity index (χ3n) is 1.85. The maximum absolute atomic E-state index is 10.9. The van der Waals surface area contributed by atoms with E-state index in [-0.39, 0.29) is 39.2 Å². The first-order chi connectivity index (χ1) is 9.48. The van der Waals surface area contributed by atoms with Crippen LogP contribution >= 0.6 is 20.0 Å². The number of rotatable bonds is 2. The number of hydrogen-bond donors (Lipinski definition) is 4. The number of benzene rings is 1. The summed E-state index contributed by atoms with van der Waals surface area (Å²) in [6.45, 7) is 0. The van der Waals surface area contributed by atoms with Crippen LogP contribution in [0, 0.1) is 4.77 Å². The molecule has 0 unspecified atom stereocenters. The minimum atomic E-state index is -4.89. The number of H-pyrrole nitrogens is 1. The summed E-state index contributed by atoms with van der Waals surface area (Å²) < 4.78 is 41.0. The van der Waals surface area contributed by atoms with Crippen LogP contribution in [0.25, 0.3) is 5.69 Å². The molecule has 2 rings (SSSR count). The molecule has 15 heteroatoms. The zero-order valence-electron chi connectivity index (χ0n) is 10.9. The molecule has 0 aliphatic carbocycles. The molecule has 116 valence electrons. The number of tetrazole rings is 1. The van der Waals surface area contributed by atoms with Crippen LogP contribution in [-0.2, 0) is 14.7 Å². The Kier molecular flexibility index (Phi) is 8.22. The van der Waals surface area contributed by atoms with Crippen molar-refractivity contribution in [1.29, 1.82) is 0 Å². The summed E-state index contributed by atoms with van der Waals surface area (Å²) in [5.74, 6) is 0. The first-order valence-electron chi connectivity index (χ1n) is 4.83. The van der Waals surface area contributed by atoms with Gasteiger partial charge in [-0.2, -0.15) is 13.6 Å². The van der Waals surface area contributed by atoms with Gasteiger partial charge in [0, 0.05) is 0 Å². The van der Waals surface area contributed by atoms with Gasteiger partial charge in [0.2, 0.25) is 4.77 Å². The van der Waals surface area contributed by atoms with Crippen LogP contribution in [0.3, 0.4) is 0 Å². The molecule has 22 heavy (non-hydrogen) atoms. The second-order valence-electron chi connectivity index (χ2n) is 3.38. The molecule has 0 amide bonds. The van der Waals surface area contributed by atoms with Crippen molar-refractivity contribution in [2.24, 2.45) is 0 Å². The van der Waals surface area contributed by atoms with Crippen molar-refractivity contribution < 1.29 is 61.8 Å². The number of hydrogen-bond acceptors (Lipinski definition) is 7. The van der Waals surface area contributed by atoms with Crippen LogP contribution in [0.4, 0.5) is 0 Å². The summed E-state index contributed by atoms with van der Waals surface area (Å²) in [6.07, 6.45) is 0. The summed E-state index contributed by atoms with van der Waals surface area (Å²) in [5.41, 5.74) is 0.421. The molecule has 0 aliphatic heterocycles. The van der Waals surface area contributed by atoms with Crippen molar-refractivity contribution in [3.05, 3.63) is 29.0 Å². The van der Waals surface area contributed by atoms with Gasteiger partial charge < -0.3 is 14.7 Å². The van der Waals surface area contributed by atoms with Crippen LogP contribution in [-0.4, -0.2) is 43.0 Å². The van der Waals surface area contributed by atoms with Crippen molar-refractivity contribution in [2.45, 2.75) is 4.90 Å². The van der Waals surface area contributed by atoms with E-state index in [0.717, 1.165) is 0 Å². The zero-order chi connectivity index (χ0) is 16.3. The van der Waals surface area contributed by atoms with Gasteiger partial charge in [0.1, 0.15) is 0 Å². The molecule has 0 atom stereocenters. The molecule has 0 radical (unpaired) electrons. The molecule has 0 bridgehead atoms. The number of aromatic amines is 1. The van der Waals surface area contributed by atoms with Crippen LogP contribution in [0.15, 0.2) is 29.2 Å². The van der Waals surface area contributed by atoms with Gasteiger partial charge in [-0.05, 0) is 30.4 Å². The zero-order valence-corrected chi connectivity index (χ0v) is 15.4. The normalized spacial score (nSPS) is 11.1. The summed E-state index contributed by atoms with van der Waals surface area (Å²) in [4.78, 5) is 22.7. The molecule has 1 heterocycles. The van der Waals surface area contributed by atoms with Gasteiger partial charge in [0.05, 0.1) is 10.6 Å². The summed E-state index contributed by atoms with van der Waals surface area (Å²) in [7, 11) is -9.12.